The molecule has 5 heteroatoms. The van der Waals surface area contributed by atoms with Gasteiger partial charge in [0.25, 0.3) is 5.91 Å². The van der Waals surface area contributed by atoms with Crippen LogP contribution in [-0.2, 0) is 0 Å². The molecule has 3 N–H and O–H groups in total. The van der Waals surface area contributed by atoms with Crippen LogP contribution in [0.5, 0.6) is 5.75 Å². The van der Waals surface area contributed by atoms with Crippen LogP contribution in [0.15, 0.2) is 18.2 Å². The van der Waals surface area contributed by atoms with Gasteiger partial charge in [0.2, 0.25) is 0 Å². The van der Waals surface area contributed by atoms with E-state index in [9.17, 15) is 14.3 Å². The van der Waals surface area contributed by atoms with Crippen LogP contribution in [0.2, 0.25) is 0 Å². The lowest BCUT2D eigenvalue weighted by Gasteiger charge is -2.09. The van der Waals surface area contributed by atoms with E-state index < -0.39 is 11.7 Å². The molecule has 0 spiro atoms. The molecule has 1 aromatic rings. The third kappa shape index (κ3) is 4.33. The van der Waals surface area contributed by atoms with Crippen molar-refractivity contribution in [1.29, 1.82) is 0 Å². The van der Waals surface area contributed by atoms with E-state index in [1.165, 1.54) is 6.07 Å². The number of aliphatic hydroxyl groups excluding tert-OH is 1. The van der Waals surface area contributed by atoms with Gasteiger partial charge in [0.05, 0.1) is 5.56 Å². The number of rotatable bonds is 6. The van der Waals surface area contributed by atoms with E-state index in [-0.39, 0.29) is 23.8 Å². The summed E-state index contributed by atoms with van der Waals surface area (Å²) < 4.78 is 12.7. The number of aliphatic hydroxyl groups is 1. The first-order valence-corrected chi connectivity index (χ1v) is 5.92. The van der Waals surface area contributed by atoms with E-state index in [0.717, 1.165) is 25.0 Å². The number of benzene rings is 1. The molecule has 1 aromatic carbocycles. The van der Waals surface area contributed by atoms with Gasteiger partial charge in [0.15, 0.2) is 0 Å². The fourth-order valence-electron chi connectivity index (χ4n) is 1.54. The maximum absolute atomic E-state index is 12.7. The van der Waals surface area contributed by atoms with Gasteiger partial charge in [0, 0.05) is 19.2 Å². The Balaban J connectivity index is 2.41. The number of nitrogens with one attached hydrogen (secondary N) is 1. The van der Waals surface area contributed by atoms with E-state index in [2.05, 4.69) is 5.32 Å². The second kappa shape index (κ2) is 6.96. The Labute approximate surface area is 105 Å². The van der Waals surface area contributed by atoms with Crippen molar-refractivity contribution in [3.05, 3.63) is 29.6 Å². The van der Waals surface area contributed by atoms with Crippen molar-refractivity contribution in [3.8, 4) is 5.75 Å². The topological polar surface area (TPSA) is 69.6 Å². The van der Waals surface area contributed by atoms with Crippen LogP contribution in [0, 0.1) is 11.7 Å². The minimum atomic E-state index is -0.583. The standard InChI is InChI=1S/C13H18FNO3/c1-9(8-16)3-2-6-15-13(18)11-5-4-10(14)7-12(11)17/h4-5,7,9,16-17H,2-3,6,8H2,1H3,(H,15,18). The third-order valence-corrected chi connectivity index (χ3v) is 2.68. The van der Waals surface area contributed by atoms with E-state index >= 15 is 0 Å². The minimum Gasteiger partial charge on any atom is -0.507 e. The van der Waals surface area contributed by atoms with Crippen molar-refractivity contribution in [3.63, 3.8) is 0 Å². The highest BCUT2D eigenvalue weighted by Crippen LogP contribution is 2.17. The predicted octanol–water partition coefficient (Wildman–Crippen LogP) is 1.67. The summed E-state index contributed by atoms with van der Waals surface area (Å²) in [6.07, 6.45) is 1.56. The molecule has 0 aliphatic rings. The molecule has 0 radical (unpaired) electrons. The van der Waals surface area contributed by atoms with Crippen LogP contribution in [0.1, 0.15) is 30.1 Å². The molecular formula is C13H18FNO3. The zero-order chi connectivity index (χ0) is 13.5. The van der Waals surface area contributed by atoms with Crippen LogP contribution in [-0.4, -0.2) is 29.3 Å². The van der Waals surface area contributed by atoms with E-state index in [1.807, 2.05) is 6.92 Å². The van der Waals surface area contributed by atoms with Gasteiger partial charge in [-0.3, -0.25) is 4.79 Å². The van der Waals surface area contributed by atoms with Gasteiger partial charge in [-0.05, 0) is 30.9 Å². The normalized spacial score (nSPS) is 12.2. The van der Waals surface area contributed by atoms with Gasteiger partial charge in [-0.2, -0.15) is 0 Å². The fraction of sp³-hybridized carbons (Fsp3) is 0.462. The molecule has 1 amide bonds. The van der Waals surface area contributed by atoms with E-state index in [0.29, 0.717) is 6.54 Å². The van der Waals surface area contributed by atoms with Crippen molar-refractivity contribution in [2.75, 3.05) is 13.2 Å². The van der Waals surface area contributed by atoms with E-state index in [1.54, 1.807) is 0 Å². The average molecular weight is 255 g/mol. The van der Waals surface area contributed by atoms with Crippen LogP contribution >= 0.6 is 0 Å². The molecule has 0 saturated heterocycles. The zero-order valence-electron chi connectivity index (χ0n) is 10.3. The number of carbonyl (C=O) groups is 1. The third-order valence-electron chi connectivity index (χ3n) is 2.68. The first-order valence-electron chi connectivity index (χ1n) is 5.92. The Morgan fingerprint density at radius 2 is 2.22 bits per heavy atom. The molecule has 0 aromatic heterocycles. The summed E-state index contributed by atoms with van der Waals surface area (Å²) in [4.78, 5) is 11.6. The lowest BCUT2D eigenvalue weighted by Crippen LogP contribution is -2.25. The second-order valence-corrected chi connectivity index (χ2v) is 4.35. The van der Waals surface area contributed by atoms with Gasteiger partial charge in [-0.25, -0.2) is 4.39 Å². The molecule has 0 aliphatic heterocycles. The highest BCUT2D eigenvalue weighted by atomic mass is 19.1. The van der Waals surface area contributed by atoms with Crippen LogP contribution in [0.25, 0.3) is 0 Å². The smallest absolute Gasteiger partial charge is 0.255 e. The van der Waals surface area contributed by atoms with Crippen LogP contribution < -0.4 is 5.32 Å². The summed E-state index contributed by atoms with van der Waals surface area (Å²) in [6, 6.07) is 3.28. The summed E-state index contributed by atoms with van der Waals surface area (Å²) in [5.41, 5.74) is 0.0617. The number of carbonyl (C=O) groups excluding carboxylic acids is 1. The van der Waals surface area contributed by atoms with Gasteiger partial charge >= 0.3 is 0 Å². The Kier molecular flexibility index (Phi) is 5.58. The van der Waals surface area contributed by atoms with Gasteiger partial charge in [-0.15, -0.1) is 0 Å². The SMILES string of the molecule is CC(CO)CCCNC(=O)c1ccc(F)cc1O. The number of halogens is 1. The number of amides is 1. The first-order chi connectivity index (χ1) is 8.54. The number of hydrogen-bond donors (Lipinski definition) is 3. The number of hydrogen-bond acceptors (Lipinski definition) is 3. The molecule has 18 heavy (non-hydrogen) atoms. The predicted molar refractivity (Wildman–Crippen MR) is 65.9 cm³/mol. The first kappa shape index (κ1) is 14.4. The largest absolute Gasteiger partial charge is 0.507 e. The zero-order valence-corrected chi connectivity index (χ0v) is 10.3. The molecule has 1 rings (SSSR count). The Hall–Kier alpha value is -1.62. The van der Waals surface area contributed by atoms with Crippen molar-refractivity contribution in [2.24, 2.45) is 5.92 Å². The Bertz CT molecular complexity index is 409. The highest BCUT2D eigenvalue weighted by molar-refractivity contribution is 5.96. The van der Waals surface area contributed by atoms with Gasteiger partial charge in [-0.1, -0.05) is 6.92 Å². The average Bonchev–Trinajstić information content (AvgIpc) is 2.34. The quantitative estimate of drug-likeness (QED) is 0.677. The molecule has 100 valence electrons. The monoisotopic (exact) mass is 255 g/mol. The van der Waals surface area contributed by atoms with Crippen LogP contribution in [0.4, 0.5) is 4.39 Å². The summed E-state index contributed by atoms with van der Waals surface area (Å²) in [5.74, 6) is -1.16. The molecular weight excluding hydrogens is 237 g/mol. The minimum absolute atomic E-state index is 0.0617. The van der Waals surface area contributed by atoms with Crippen molar-refractivity contribution < 1.29 is 19.4 Å². The summed E-state index contributed by atoms with van der Waals surface area (Å²) >= 11 is 0. The van der Waals surface area contributed by atoms with Gasteiger partial charge in [0.1, 0.15) is 11.6 Å². The lowest BCUT2D eigenvalue weighted by molar-refractivity contribution is 0.0949. The fourth-order valence-corrected chi connectivity index (χ4v) is 1.54. The molecule has 0 aliphatic carbocycles. The van der Waals surface area contributed by atoms with Crippen molar-refractivity contribution in [2.45, 2.75) is 19.8 Å². The van der Waals surface area contributed by atoms with Gasteiger partial charge < -0.3 is 15.5 Å². The number of aromatic hydroxyl groups is 1. The molecule has 1 unspecified atom stereocenters. The van der Waals surface area contributed by atoms with Crippen molar-refractivity contribution >= 4 is 5.91 Å². The molecule has 1 atom stereocenters. The van der Waals surface area contributed by atoms with E-state index in [4.69, 9.17) is 5.11 Å². The lowest BCUT2D eigenvalue weighted by atomic mass is 10.1. The molecule has 4 nitrogen and oxygen atoms in total. The maximum Gasteiger partial charge on any atom is 0.255 e. The van der Waals surface area contributed by atoms with Crippen molar-refractivity contribution in [1.82, 2.24) is 5.32 Å². The number of phenols is 1. The molecule has 0 fully saturated rings. The van der Waals surface area contributed by atoms with Crippen LogP contribution in [0.3, 0.4) is 0 Å². The summed E-state index contributed by atoms with van der Waals surface area (Å²) in [5, 5.41) is 20.9. The molecule has 0 heterocycles. The maximum atomic E-state index is 12.7. The summed E-state index contributed by atoms with van der Waals surface area (Å²) in [7, 11) is 0. The molecule has 0 saturated carbocycles. The molecule has 0 bridgehead atoms. The number of phenolic OH excluding ortho intramolecular Hbond substituents is 1. The second-order valence-electron chi connectivity index (χ2n) is 4.35. The highest BCUT2D eigenvalue weighted by Gasteiger charge is 2.11. The summed E-state index contributed by atoms with van der Waals surface area (Å²) in [6.45, 7) is 2.51. The Morgan fingerprint density at radius 3 is 2.83 bits per heavy atom. The Morgan fingerprint density at radius 1 is 1.50 bits per heavy atom.